The van der Waals surface area contributed by atoms with E-state index in [1.165, 1.54) is 0 Å². The lowest BCUT2D eigenvalue weighted by Crippen LogP contribution is -2.48. The number of furan rings is 1. The first-order valence-electron chi connectivity index (χ1n) is 9.17. The van der Waals surface area contributed by atoms with Crippen LogP contribution in [0.15, 0.2) is 64.7 Å². The Hall–Kier alpha value is -3.19. The van der Waals surface area contributed by atoms with Crippen molar-refractivity contribution in [2.45, 2.75) is 0 Å². The summed E-state index contributed by atoms with van der Waals surface area (Å²) in [4.78, 5) is 26.6. The van der Waals surface area contributed by atoms with Crippen LogP contribution in [0.1, 0.15) is 10.4 Å². The number of hydrogen-bond donors (Lipinski definition) is 0. The highest BCUT2D eigenvalue weighted by molar-refractivity contribution is 7.13. The first kappa shape index (κ1) is 16.9. The smallest absolute Gasteiger partial charge is 0.254 e. The van der Waals surface area contributed by atoms with Crippen molar-refractivity contribution >= 4 is 33.3 Å². The summed E-state index contributed by atoms with van der Waals surface area (Å²) in [6.07, 6.45) is 3.43. The van der Waals surface area contributed by atoms with Crippen LogP contribution in [-0.4, -0.2) is 47.0 Å². The van der Waals surface area contributed by atoms with Crippen LogP contribution in [0.25, 0.3) is 22.4 Å². The molecule has 0 spiro atoms. The molecule has 0 aliphatic carbocycles. The monoisotopic (exact) mass is 390 g/mol. The standard InChI is InChI=1S/C21H18N4O2S/c26-20(24-8-10-25(11-9-24)21-22-7-13-28-21)16-14-18(19-6-3-12-27-19)23-17-5-2-1-4-15(16)17/h1-7,12-14H,8-11H2. The lowest BCUT2D eigenvalue weighted by Gasteiger charge is -2.34. The number of anilines is 1. The van der Waals surface area contributed by atoms with E-state index in [4.69, 9.17) is 4.42 Å². The fraction of sp³-hybridized carbons (Fsp3) is 0.190. The highest BCUT2D eigenvalue weighted by Gasteiger charge is 2.25. The van der Waals surface area contributed by atoms with E-state index >= 15 is 0 Å². The molecule has 4 aromatic rings. The minimum atomic E-state index is 0.0326. The van der Waals surface area contributed by atoms with Gasteiger partial charge in [-0.3, -0.25) is 4.79 Å². The molecule has 1 saturated heterocycles. The van der Waals surface area contributed by atoms with Crippen molar-refractivity contribution in [3.8, 4) is 11.5 Å². The average Bonchev–Trinajstić information content (AvgIpc) is 3.47. The summed E-state index contributed by atoms with van der Waals surface area (Å²) in [6.45, 7) is 2.91. The van der Waals surface area contributed by atoms with E-state index in [-0.39, 0.29) is 5.91 Å². The Labute approximate surface area is 166 Å². The van der Waals surface area contributed by atoms with Gasteiger partial charge in [0, 0.05) is 43.1 Å². The zero-order valence-electron chi connectivity index (χ0n) is 15.1. The zero-order valence-corrected chi connectivity index (χ0v) is 15.9. The fourth-order valence-corrected chi connectivity index (χ4v) is 4.24. The summed E-state index contributed by atoms with van der Waals surface area (Å²) < 4.78 is 5.50. The molecule has 1 aromatic carbocycles. The SMILES string of the molecule is O=C(c1cc(-c2ccco2)nc2ccccc12)N1CCN(c2nccs2)CC1. The summed E-state index contributed by atoms with van der Waals surface area (Å²) >= 11 is 1.63. The minimum absolute atomic E-state index is 0.0326. The Bertz CT molecular complexity index is 1100. The third kappa shape index (κ3) is 3.03. The van der Waals surface area contributed by atoms with Gasteiger partial charge in [0.2, 0.25) is 0 Å². The first-order chi connectivity index (χ1) is 13.8. The van der Waals surface area contributed by atoms with Crippen LogP contribution in [0.2, 0.25) is 0 Å². The Morgan fingerprint density at radius 2 is 1.93 bits per heavy atom. The first-order valence-corrected chi connectivity index (χ1v) is 10.0. The second-order valence-corrected chi connectivity index (χ2v) is 7.52. The van der Waals surface area contributed by atoms with Crippen LogP contribution in [0, 0.1) is 0 Å². The molecular weight excluding hydrogens is 372 g/mol. The molecule has 0 saturated carbocycles. The van der Waals surface area contributed by atoms with E-state index in [2.05, 4.69) is 14.9 Å². The number of para-hydroxylation sites is 1. The number of hydrogen-bond acceptors (Lipinski definition) is 6. The van der Waals surface area contributed by atoms with Crippen molar-refractivity contribution in [1.29, 1.82) is 0 Å². The largest absolute Gasteiger partial charge is 0.463 e. The molecule has 3 aromatic heterocycles. The van der Waals surface area contributed by atoms with Crippen LogP contribution in [0.5, 0.6) is 0 Å². The van der Waals surface area contributed by atoms with Crippen LogP contribution in [-0.2, 0) is 0 Å². The lowest BCUT2D eigenvalue weighted by molar-refractivity contribution is 0.0748. The number of piperazine rings is 1. The van der Waals surface area contributed by atoms with Gasteiger partial charge >= 0.3 is 0 Å². The molecule has 6 nitrogen and oxygen atoms in total. The number of benzene rings is 1. The average molecular weight is 390 g/mol. The molecule has 28 heavy (non-hydrogen) atoms. The van der Waals surface area contributed by atoms with Crippen molar-refractivity contribution in [1.82, 2.24) is 14.9 Å². The van der Waals surface area contributed by atoms with E-state index in [0.29, 0.717) is 30.1 Å². The maximum absolute atomic E-state index is 13.4. The Morgan fingerprint density at radius 1 is 1.07 bits per heavy atom. The van der Waals surface area contributed by atoms with Gasteiger partial charge < -0.3 is 14.2 Å². The number of pyridine rings is 1. The number of carbonyl (C=O) groups excluding carboxylic acids is 1. The molecular formula is C21H18N4O2S. The van der Waals surface area contributed by atoms with Gasteiger partial charge in [-0.15, -0.1) is 11.3 Å². The van der Waals surface area contributed by atoms with Gasteiger partial charge in [0.15, 0.2) is 10.9 Å². The van der Waals surface area contributed by atoms with E-state index < -0.39 is 0 Å². The number of aromatic nitrogens is 2. The maximum atomic E-state index is 13.4. The summed E-state index contributed by atoms with van der Waals surface area (Å²) in [5.41, 5.74) is 2.13. The third-order valence-corrected chi connectivity index (χ3v) is 5.81. The van der Waals surface area contributed by atoms with Crippen molar-refractivity contribution in [2.75, 3.05) is 31.1 Å². The third-order valence-electron chi connectivity index (χ3n) is 4.98. The molecule has 0 unspecified atom stereocenters. The summed E-state index contributed by atoms with van der Waals surface area (Å²) in [5, 5.41) is 3.86. The van der Waals surface area contributed by atoms with Crippen LogP contribution in [0.4, 0.5) is 5.13 Å². The normalized spacial score (nSPS) is 14.6. The number of fused-ring (bicyclic) bond motifs is 1. The Kier molecular flexibility index (Phi) is 4.29. The van der Waals surface area contributed by atoms with Gasteiger partial charge in [-0.2, -0.15) is 0 Å². The molecule has 4 heterocycles. The van der Waals surface area contributed by atoms with Gasteiger partial charge in [-0.05, 0) is 24.3 Å². The molecule has 0 radical (unpaired) electrons. The minimum Gasteiger partial charge on any atom is -0.463 e. The molecule has 7 heteroatoms. The quantitative estimate of drug-likeness (QED) is 0.531. The van der Waals surface area contributed by atoms with Crippen LogP contribution in [0.3, 0.4) is 0 Å². The van der Waals surface area contributed by atoms with Crippen LogP contribution < -0.4 is 4.90 Å². The van der Waals surface area contributed by atoms with E-state index in [1.807, 2.05) is 58.9 Å². The topological polar surface area (TPSA) is 62.5 Å². The molecule has 5 rings (SSSR count). The lowest BCUT2D eigenvalue weighted by atomic mass is 10.0. The predicted molar refractivity (Wildman–Crippen MR) is 110 cm³/mol. The predicted octanol–water partition coefficient (Wildman–Crippen LogP) is 3.91. The van der Waals surface area contributed by atoms with Gasteiger partial charge in [0.25, 0.3) is 5.91 Å². The summed E-state index contributed by atoms with van der Waals surface area (Å²) in [7, 11) is 0. The zero-order chi connectivity index (χ0) is 18.9. The Morgan fingerprint density at radius 3 is 2.68 bits per heavy atom. The number of thiazole rings is 1. The van der Waals surface area contributed by atoms with Gasteiger partial charge in [-0.1, -0.05) is 18.2 Å². The Balaban J connectivity index is 1.46. The molecule has 0 atom stereocenters. The van der Waals surface area contributed by atoms with Gasteiger partial charge in [0.1, 0.15) is 5.69 Å². The van der Waals surface area contributed by atoms with Gasteiger partial charge in [0.05, 0.1) is 17.3 Å². The second kappa shape index (κ2) is 7.09. The molecule has 140 valence electrons. The van der Waals surface area contributed by atoms with Crippen LogP contribution >= 0.6 is 11.3 Å². The molecule has 1 aliphatic rings. The molecule has 1 amide bonds. The fourth-order valence-electron chi connectivity index (χ4n) is 3.55. The van der Waals surface area contributed by atoms with E-state index in [0.717, 1.165) is 29.1 Å². The number of carbonyl (C=O) groups is 1. The van der Waals surface area contributed by atoms with Crippen molar-refractivity contribution in [3.05, 3.63) is 65.9 Å². The number of amides is 1. The highest BCUT2D eigenvalue weighted by Crippen LogP contribution is 2.27. The van der Waals surface area contributed by atoms with E-state index in [9.17, 15) is 4.79 Å². The van der Waals surface area contributed by atoms with Crippen molar-refractivity contribution < 1.29 is 9.21 Å². The highest BCUT2D eigenvalue weighted by atomic mass is 32.1. The molecule has 1 fully saturated rings. The van der Waals surface area contributed by atoms with Crippen molar-refractivity contribution in [2.24, 2.45) is 0 Å². The molecule has 0 bridgehead atoms. The summed E-state index contributed by atoms with van der Waals surface area (Å²) in [6, 6.07) is 13.3. The maximum Gasteiger partial charge on any atom is 0.254 e. The second-order valence-electron chi connectivity index (χ2n) is 6.64. The van der Waals surface area contributed by atoms with E-state index in [1.54, 1.807) is 17.6 Å². The molecule has 1 aliphatic heterocycles. The van der Waals surface area contributed by atoms with Crippen molar-refractivity contribution in [3.63, 3.8) is 0 Å². The number of nitrogens with zero attached hydrogens (tertiary/aromatic N) is 4. The molecule has 0 N–H and O–H groups in total. The van der Waals surface area contributed by atoms with Gasteiger partial charge in [-0.25, -0.2) is 9.97 Å². The number of rotatable bonds is 3. The summed E-state index contributed by atoms with van der Waals surface area (Å²) in [5.74, 6) is 0.693.